The lowest BCUT2D eigenvalue weighted by atomic mass is 10.4. The SMILES string of the molecule is Cc1cc(SCC(O)CO)ncn1. The van der Waals surface area contributed by atoms with Gasteiger partial charge in [0.05, 0.1) is 17.7 Å². The average Bonchev–Trinajstić information content (AvgIpc) is 2.14. The van der Waals surface area contributed by atoms with E-state index in [1.165, 1.54) is 18.1 Å². The van der Waals surface area contributed by atoms with Gasteiger partial charge in [-0.25, -0.2) is 9.97 Å². The third kappa shape index (κ3) is 3.71. The van der Waals surface area contributed by atoms with Crippen LogP contribution in [0.15, 0.2) is 17.4 Å². The van der Waals surface area contributed by atoms with Gasteiger partial charge in [0, 0.05) is 11.4 Å². The second-order valence-corrected chi connectivity index (χ2v) is 3.69. The summed E-state index contributed by atoms with van der Waals surface area (Å²) in [5, 5.41) is 18.5. The van der Waals surface area contributed by atoms with E-state index in [1.54, 1.807) is 0 Å². The van der Waals surface area contributed by atoms with Gasteiger partial charge in [-0.2, -0.15) is 0 Å². The molecular weight excluding hydrogens is 188 g/mol. The fourth-order valence-corrected chi connectivity index (χ4v) is 1.59. The largest absolute Gasteiger partial charge is 0.394 e. The van der Waals surface area contributed by atoms with Crippen molar-refractivity contribution in [2.75, 3.05) is 12.4 Å². The topological polar surface area (TPSA) is 66.2 Å². The lowest BCUT2D eigenvalue weighted by Gasteiger charge is -2.05. The zero-order valence-electron chi connectivity index (χ0n) is 7.34. The van der Waals surface area contributed by atoms with Crippen LogP contribution < -0.4 is 0 Å². The van der Waals surface area contributed by atoms with E-state index in [4.69, 9.17) is 10.2 Å². The fourth-order valence-electron chi connectivity index (χ4n) is 0.743. The molecule has 1 aromatic rings. The number of hydrogen-bond donors (Lipinski definition) is 2. The van der Waals surface area contributed by atoms with Crippen LogP contribution in [0.25, 0.3) is 0 Å². The molecule has 0 bridgehead atoms. The molecule has 1 aromatic heterocycles. The molecule has 72 valence electrons. The molecule has 5 heteroatoms. The van der Waals surface area contributed by atoms with Gasteiger partial charge in [-0.1, -0.05) is 0 Å². The summed E-state index contributed by atoms with van der Waals surface area (Å²) in [6.45, 7) is 1.67. The summed E-state index contributed by atoms with van der Waals surface area (Å²) in [6.07, 6.45) is 0.809. The summed E-state index contributed by atoms with van der Waals surface area (Å²) >= 11 is 1.41. The highest BCUT2D eigenvalue weighted by molar-refractivity contribution is 7.99. The Balaban J connectivity index is 2.45. The van der Waals surface area contributed by atoms with Gasteiger partial charge in [0.1, 0.15) is 6.33 Å². The predicted molar refractivity (Wildman–Crippen MR) is 50.6 cm³/mol. The van der Waals surface area contributed by atoms with Gasteiger partial charge in [0.2, 0.25) is 0 Å². The Morgan fingerprint density at radius 1 is 1.54 bits per heavy atom. The molecule has 0 aliphatic heterocycles. The normalized spacial score (nSPS) is 12.8. The Kier molecular flexibility index (Phi) is 4.14. The van der Waals surface area contributed by atoms with E-state index < -0.39 is 6.10 Å². The fraction of sp³-hybridized carbons (Fsp3) is 0.500. The Morgan fingerprint density at radius 2 is 2.31 bits per heavy atom. The molecule has 0 aromatic carbocycles. The maximum absolute atomic E-state index is 9.07. The van der Waals surface area contributed by atoms with E-state index in [0.29, 0.717) is 5.75 Å². The number of thioether (sulfide) groups is 1. The Morgan fingerprint density at radius 3 is 2.92 bits per heavy atom. The van der Waals surface area contributed by atoms with Gasteiger partial charge in [0.15, 0.2) is 0 Å². The standard InChI is InChI=1S/C8H12N2O2S/c1-6-2-8(10-5-9-6)13-4-7(12)3-11/h2,5,7,11-12H,3-4H2,1H3. The van der Waals surface area contributed by atoms with Crippen molar-refractivity contribution in [1.29, 1.82) is 0 Å². The molecule has 1 unspecified atom stereocenters. The monoisotopic (exact) mass is 200 g/mol. The molecular formula is C8H12N2O2S. The van der Waals surface area contributed by atoms with Crippen LogP contribution in [0.4, 0.5) is 0 Å². The molecule has 0 aliphatic carbocycles. The van der Waals surface area contributed by atoms with Gasteiger partial charge in [0.25, 0.3) is 0 Å². The molecule has 0 saturated carbocycles. The van der Waals surface area contributed by atoms with Gasteiger partial charge in [-0.05, 0) is 13.0 Å². The highest BCUT2D eigenvalue weighted by atomic mass is 32.2. The highest BCUT2D eigenvalue weighted by Crippen LogP contribution is 2.15. The van der Waals surface area contributed by atoms with Gasteiger partial charge in [-0.3, -0.25) is 0 Å². The van der Waals surface area contributed by atoms with Crippen LogP contribution in [0, 0.1) is 6.92 Å². The molecule has 0 amide bonds. The van der Waals surface area contributed by atoms with Crippen molar-refractivity contribution >= 4 is 11.8 Å². The van der Waals surface area contributed by atoms with Crippen LogP contribution in [0.1, 0.15) is 5.69 Å². The number of hydrogen-bond acceptors (Lipinski definition) is 5. The number of nitrogens with zero attached hydrogens (tertiary/aromatic N) is 2. The summed E-state index contributed by atoms with van der Waals surface area (Å²) in [4.78, 5) is 7.96. The minimum Gasteiger partial charge on any atom is -0.394 e. The van der Waals surface area contributed by atoms with Crippen LogP contribution in [0.5, 0.6) is 0 Å². The zero-order chi connectivity index (χ0) is 9.68. The molecule has 13 heavy (non-hydrogen) atoms. The number of rotatable bonds is 4. The molecule has 0 aliphatic rings. The third-order valence-corrected chi connectivity index (χ3v) is 2.48. The Bertz CT molecular complexity index is 270. The summed E-state index contributed by atoms with van der Waals surface area (Å²) in [7, 11) is 0. The second-order valence-electron chi connectivity index (χ2n) is 2.65. The number of aromatic nitrogens is 2. The van der Waals surface area contributed by atoms with E-state index >= 15 is 0 Å². The summed E-state index contributed by atoms with van der Waals surface area (Å²) in [5.41, 5.74) is 0.899. The van der Waals surface area contributed by atoms with Crippen molar-refractivity contribution in [3.8, 4) is 0 Å². The smallest absolute Gasteiger partial charge is 0.116 e. The molecule has 1 heterocycles. The van der Waals surface area contributed by atoms with Gasteiger partial charge >= 0.3 is 0 Å². The first-order valence-electron chi connectivity index (χ1n) is 3.92. The van der Waals surface area contributed by atoms with Crippen LogP contribution in [-0.4, -0.2) is 38.6 Å². The number of aliphatic hydroxyl groups excluding tert-OH is 2. The van der Waals surface area contributed by atoms with Crippen molar-refractivity contribution in [3.63, 3.8) is 0 Å². The lowest BCUT2D eigenvalue weighted by Crippen LogP contribution is -2.14. The van der Waals surface area contributed by atoms with E-state index in [-0.39, 0.29) is 6.61 Å². The molecule has 1 rings (SSSR count). The third-order valence-electron chi connectivity index (χ3n) is 1.41. The van der Waals surface area contributed by atoms with Crippen LogP contribution in [-0.2, 0) is 0 Å². The van der Waals surface area contributed by atoms with Crippen molar-refractivity contribution in [3.05, 3.63) is 18.1 Å². The molecule has 0 spiro atoms. The van der Waals surface area contributed by atoms with E-state index in [1.807, 2.05) is 13.0 Å². The predicted octanol–water partition coefficient (Wildman–Crippen LogP) is 0.230. The average molecular weight is 200 g/mol. The first-order valence-corrected chi connectivity index (χ1v) is 4.91. The van der Waals surface area contributed by atoms with Crippen LogP contribution in [0.2, 0.25) is 0 Å². The van der Waals surface area contributed by atoms with Gasteiger partial charge in [-0.15, -0.1) is 11.8 Å². The molecule has 0 saturated heterocycles. The minimum absolute atomic E-state index is 0.211. The first kappa shape index (κ1) is 10.4. The molecule has 0 fully saturated rings. The molecule has 2 N–H and O–H groups in total. The quantitative estimate of drug-likeness (QED) is 0.538. The van der Waals surface area contributed by atoms with Crippen molar-refractivity contribution < 1.29 is 10.2 Å². The summed E-state index contributed by atoms with van der Waals surface area (Å²) < 4.78 is 0. The van der Waals surface area contributed by atoms with Crippen molar-refractivity contribution in [2.45, 2.75) is 18.1 Å². The van der Waals surface area contributed by atoms with Crippen LogP contribution in [0.3, 0.4) is 0 Å². The summed E-state index contributed by atoms with van der Waals surface area (Å²) in [5.74, 6) is 0.451. The highest BCUT2D eigenvalue weighted by Gasteiger charge is 2.03. The molecule has 1 atom stereocenters. The lowest BCUT2D eigenvalue weighted by molar-refractivity contribution is 0.113. The van der Waals surface area contributed by atoms with Gasteiger partial charge < -0.3 is 10.2 Å². The van der Waals surface area contributed by atoms with Crippen molar-refractivity contribution in [2.24, 2.45) is 0 Å². The maximum atomic E-state index is 9.07. The Labute approximate surface area is 81.0 Å². The number of aryl methyl sites for hydroxylation is 1. The Hall–Kier alpha value is -0.650. The minimum atomic E-state index is -0.680. The zero-order valence-corrected chi connectivity index (χ0v) is 8.16. The van der Waals surface area contributed by atoms with E-state index in [9.17, 15) is 0 Å². The molecule has 4 nitrogen and oxygen atoms in total. The van der Waals surface area contributed by atoms with Crippen molar-refractivity contribution in [1.82, 2.24) is 9.97 Å². The van der Waals surface area contributed by atoms with E-state index in [0.717, 1.165) is 10.7 Å². The van der Waals surface area contributed by atoms with E-state index in [2.05, 4.69) is 9.97 Å². The first-order chi connectivity index (χ1) is 6.22. The van der Waals surface area contributed by atoms with Crippen LogP contribution >= 0.6 is 11.8 Å². The second kappa shape index (κ2) is 5.16. The summed E-state index contributed by atoms with van der Waals surface area (Å²) in [6, 6.07) is 1.84. The molecule has 0 radical (unpaired) electrons. The maximum Gasteiger partial charge on any atom is 0.116 e. The number of aliphatic hydroxyl groups is 2.